The summed E-state index contributed by atoms with van der Waals surface area (Å²) in [5, 5.41) is 0. The van der Waals surface area contributed by atoms with Gasteiger partial charge in [-0.05, 0) is 37.0 Å². The second kappa shape index (κ2) is 5.18. The lowest BCUT2D eigenvalue weighted by molar-refractivity contribution is 0.0848. The van der Waals surface area contributed by atoms with E-state index in [1.54, 1.807) is 6.92 Å². The predicted molar refractivity (Wildman–Crippen MR) is 65.5 cm³/mol. The van der Waals surface area contributed by atoms with Crippen molar-refractivity contribution in [2.24, 2.45) is 11.3 Å². The van der Waals surface area contributed by atoms with Crippen molar-refractivity contribution in [2.75, 3.05) is 6.16 Å². The minimum atomic E-state index is -3.80. The molecule has 0 amide bonds. The Morgan fingerprint density at radius 2 is 1.75 bits per heavy atom. The van der Waals surface area contributed by atoms with Crippen molar-refractivity contribution in [2.45, 2.75) is 59.5 Å². The molecule has 0 N–H and O–H groups in total. The Labute approximate surface area is 98.5 Å². The van der Waals surface area contributed by atoms with E-state index >= 15 is 0 Å². The van der Waals surface area contributed by atoms with E-state index in [1.165, 1.54) is 0 Å². The van der Waals surface area contributed by atoms with Gasteiger partial charge >= 0.3 is 7.68 Å². The summed E-state index contributed by atoms with van der Waals surface area (Å²) < 4.78 is 29.6. The maximum Gasteiger partial charge on any atom is 0.367 e. The smallest absolute Gasteiger partial charge is 0.302 e. The van der Waals surface area contributed by atoms with Crippen LogP contribution in [-0.2, 0) is 9.09 Å². The Hall–Kier alpha value is 0.120. The van der Waals surface area contributed by atoms with E-state index < -0.39 is 7.68 Å². The van der Waals surface area contributed by atoms with E-state index in [2.05, 4.69) is 20.8 Å². The molecule has 1 aliphatic carbocycles. The maximum atomic E-state index is 13.3. The van der Waals surface area contributed by atoms with E-state index in [0.29, 0.717) is 11.3 Å². The molecule has 0 heterocycles. The molecule has 16 heavy (non-hydrogen) atoms. The molecule has 1 fully saturated rings. The van der Waals surface area contributed by atoms with Crippen LogP contribution in [0.5, 0.6) is 0 Å². The van der Waals surface area contributed by atoms with Gasteiger partial charge in [-0.2, -0.15) is 4.20 Å². The van der Waals surface area contributed by atoms with Gasteiger partial charge in [-0.3, -0.25) is 4.57 Å². The molecule has 1 saturated carbocycles. The Morgan fingerprint density at radius 3 is 2.12 bits per heavy atom. The highest BCUT2D eigenvalue weighted by Crippen LogP contribution is 2.51. The molecular formula is C12H24FO2P. The molecule has 0 aliphatic heterocycles. The fraction of sp³-hybridized carbons (Fsp3) is 1.00. The van der Waals surface area contributed by atoms with Crippen molar-refractivity contribution < 1.29 is 13.3 Å². The summed E-state index contributed by atoms with van der Waals surface area (Å²) >= 11 is 0. The van der Waals surface area contributed by atoms with E-state index in [9.17, 15) is 8.76 Å². The summed E-state index contributed by atoms with van der Waals surface area (Å²) in [6.07, 6.45) is 3.66. The van der Waals surface area contributed by atoms with Gasteiger partial charge in [0.15, 0.2) is 0 Å². The third kappa shape index (κ3) is 4.18. The molecule has 0 spiro atoms. The van der Waals surface area contributed by atoms with Crippen LogP contribution in [0.3, 0.4) is 0 Å². The van der Waals surface area contributed by atoms with Crippen LogP contribution in [0.25, 0.3) is 0 Å². The first-order valence-corrected chi connectivity index (χ1v) is 7.92. The van der Waals surface area contributed by atoms with Crippen molar-refractivity contribution in [3.63, 3.8) is 0 Å². The van der Waals surface area contributed by atoms with Crippen LogP contribution >= 0.6 is 7.68 Å². The fourth-order valence-electron chi connectivity index (χ4n) is 2.33. The average molecular weight is 250 g/mol. The van der Waals surface area contributed by atoms with Crippen LogP contribution < -0.4 is 0 Å². The molecule has 0 aromatic rings. The van der Waals surface area contributed by atoms with Crippen molar-refractivity contribution >= 4 is 7.68 Å². The van der Waals surface area contributed by atoms with E-state index in [0.717, 1.165) is 25.7 Å². The zero-order valence-electron chi connectivity index (χ0n) is 10.8. The molecule has 1 aliphatic rings. The van der Waals surface area contributed by atoms with Crippen LogP contribution in [0.4, 0.5) is 4.20 Å². The molecule has 0 radical (unpaired) electrons. The van der Waals surface area contributed by atoms with Gasteiger partial charge in [-0.15, -0.1) is 0 Å². The molecule has 0 aromatic carbocycles. The molecule has 0 bridgehead atoms. The highest BCUT2D eigenvalue weighted by molar-refractivity contribution is 7.53. The number of halogens is 1. The lowest BCUT2D eigenvalue weighted by atomic mass is 9.72. The van der Waals surface area contributed by atoms with Gasteiger partial charge in [0.05, 0.1) is 12.3 Å². The van der Waals surface area contributed by atoms with E-state index in [-0.39, 0.29) is 12.3 Å². The molecule has 0 aromatic heterocycles. The summed E-state index contributed by atoms with van der Waals surface area (Å²) in [6.45, 7) is 8.29. The largest absolute Gasteiger partial charge is 0.367 e. The molecule has 1 atom stereocenters. The number of hydrogen-bond donors (Lipinski definition) is 0. The summed E-state index contributed by atoms with van der Waals surface area (Å²) in [5.74, 6) is 0.674. The van der Waals surface area contributed by atoms with E-state index in [4.69, 9.17) is 4.52 Å². The SMILES string of the molecule is CCP(=O)(F)OC1CCC(C(C)(C)C)CC1. The zero-order chi connectivity index (χ0) is 12.4. The Bertz CT molecular complexity index is 265. The third-order valence-electron chi connectivity index (χ3n) is 3.58. The molecule has 96 valence electrons. The molecule has 2 nitrogen and oxygen atoms in total. The van der Waals surface area contributed by atoms with Crippen molar-refractivity contribution in [1.29, 1.82) is 0 Å². The Kier molecular flexibility index (Phi) is 4.59. The first kappa shape index (κ1) is 14.2. The van der Waals surface area contributed by atoms with Gasteiger partial charge in [0.25, 0.3) is 0 Å². The van der Waals surface area contributed by atoms with Crippen LogP contribution in [0.2, 0.25) is 0 Å². The first-order chi connectivity index (χ1) is 7.24. The quantitative estimate of drug-likeness (QED) is 0.673. The first-order valence-electron chi connectivity index (χ1n) is 6.21. The predicted octanol–water partition coefficient (Wildman–Crippen LogP) is 4.79. The van der Waals surface area contributed by atoms with Crippen LogP contribution in [0.15, 0.2) is 0 Å². The van der Waals surface area contributed by atoms with Gasteiger partial charge in [0, 0.05) is 0 Å². The monoisotopic (exact) mass is 250 g/mol. The molecule has 4 heteroatoms. The normalized spacial score (nSPS) is 31.1. The second-order valence-electron chi connectivity index (χ2n) is 5.85. The highest BCUT2D eigenvalue weighted by atomic mass is 31.2. The van der Waals surface area contributed by atoms with Crippen LogP contribution in [0, 0.1) is 11.3 Å². The lowest BCUT2D eigenvalue weighted by Crippen LogP contribution is -2.28. The third-order valence-corrected chi connectivity index (χ3v) is 4.95. The maximum absolute atomic E-state index is 13.3. The fourth-order valence-corrected chi connectivity index (χ4v) is 3.14. The van der Waals surface area contributed by atoms with Crippen LogP contribution in [-0.4, -0.2) is 12.3 Å². The Balaban J connectivity index is 2.41. The summed E-state index contributed by atoms with van der Waals surface area (Å²) in [4.78, 5) is 0. The number of rotatable bonds is 3. The van der Waals surface area contributed by atoms with Crippen molar-refractivity contribution in [3.05, 3.63) is 0 Å². The molecular weight excluding hydrogens is 226 g/mol. The molecule has 1 unspecified atom stereocenters. The summed E-state index contributed by atoms with van der Waals surface area (Å²) in [6, 6.07) is 0. The molecule has 1 rings (SSSR count). The van der Waals surface area contributed by atoms with Gasteiger partial charge in [-0.1, -0.05) is 27.7 Å². The number of hydrogen-bond acceptors (Lipinski definition) is 2. The standard InChI is InChI=1S/C12H24FO2P/c1-5-16(13,14)15-11-8-6-10(7-9-11)12(2,3)4/h10-11H,5-9H2,1-4H3. The Morgan fingerprint density at radius 1 is 1.25 bits per heavy atom. The van der Waals surface area contributed by atoms with Crippen molar-refractivity contribution in [1.82, 2.24) is 0 Å². The van der Waals surface area contributed by atoms with Crippen molar-refractivity contribution in [3.8, 4) is 0 Å². The highest BCUT2D eigenvalue weighted by Gasteiger charge is 2.33. The van der Waals surface area contributed by atoms with Crippen LogP contribution in [0.1, 0.15) is 53.4 Å². The molecule has 0 saturated heterocycles. The summed E-state index contributed by atoms with van der Waals surface area (Å²) in [5.41, 5.74) is 0.315. The second-order valence-corrected chi connectivity index (χ2v) is 7.88. The average Bonchev–Trinajstić information content (AvgIpc) is 2.16. The lowest BCUT2D eigenvalue weighted by Gasteiger charge is -2.36. The van der Waals surface area contributed by atoms with Gasteiger partial charge in [0.2, 0.25) is 0 Å². The topological polar surface area (TPSA) is 26.3 Å². The van der Waals surface area contributed by atoms with Gasteiger partial charge in [0.1, 0.15) is 0 Å². The summed E-state index contributed by atoms with van der Waals surface area (Å²) in [7, 11) is -3.80. The zero-order valence-corrected chi connectivity index (χ0v) is 11.7. The minimum absolute atomic E-state index is 0.00774. The van der Waals surface area contributed by atoms with Gasteiger partial charge < -0.3 is 4.52 Å². The van der Waals surface area contributed by atoms with Gasteiger partial charge in [-0.25, -0.2) is 0 Å². The minimum Gasteiger partial charge on any atom is -0.302 e. The van der Waals surface area contributed by atoms with E-state index in [1.807, 2.05) is 0 Å².